The van der Waals surface area contributed by atoms with Gasteiger partial charge in [-0.3, -0.25) is 0 Å². The van der Waals surface area contributed by atoms with Gasteiger partial charge in [-0.2, -0.15) is 0 Å². The van der Waals surface area contributed by atoms with Crippen LogP contribution in [0.2, 0.25) is 0 Å². The third kappa shape index (κ3) is 4.20. The Bertz CT molecular complexity index is 633. The Balaban J connectivity index is 2.05. The first-order chi connectivity index (χ1) is 11.1. The van der Waals surface area contributed by atoms with Crippen LogP contribution in [0.3, 0.4) is 0 Å². The molecule has 2 aromatic rings. The van der Waals surface area contributed by atoms with E-state index in [1.54, 1.807) is 18.2 Å². The predicted octanol–water partition coefficient (Wildman–Crippen LogP) is 4.23. The number of benzene rings is 2. The zero-order valence-corrected chi connectivity index (χ0v) is 13.9. The van der Waals surface area contributed by atoms with Crippen LogP contribution >= 0.6 is 0 Å². The van der Waals surface area contributed by atoms with Crippen LogP contribution in [-0.4, -0.2) is 17.6 Å². The standard InChI is InChI=1S/C20H25NO2/c1-3-20(4-2,18-11-6-5-7-12-18)15-21-14-16-9-8-10-17(13-16)19(22)23/h5-13,21H,3-4,14-15H2,1-2H3,(H,22,23). The minimum atomic E-state index is -0.882. The number of hydrogen-bond acceptors (Lipinski definition) is 2. The first-order valence-corrected chi connectivity index (χ1v) is 8.20. The second kappa shape index (κ2) is 7.93. The summed E-state index contributed by atoms with van der Waals surface area (Å²) in [7, 11) is 0. The summed E-state index contributed by atoms with van der Waals surface area (Å²) in [6.07, 6.45) is 2.13. The van der Waals surface area contributed by atoms with Crippen LogP contribution in [0.4, 0.5) is 0 Å². The van der Waals surface area contributed by atoms with Gasteiger partial charge in [-0.1, -0.05) is 56.3 Å². The Labute approximate surface area is 138 Å². The molecule has 0 aliphatic carbocycles. The van der Waals surface area contributed by atoms with Crippen molar-refractivity contribution in [3.8, 4) is 0 Å². The molecule has 0 saturated carbocycles. The number of hydrogen-bond donors (Lipinski definition) is 2. The molecule has 0 aliphatic rings. The van der Waals surface area contributed by atoms with E-state index >= 15 is 0 Å². The highest BCUT2D eigenvalue weighted by atomic mass is 16.4. The number of carboxylic acids is 1. The first-order valence-electron chi connectivity index (χ1n) is 8.20. The molecule has 0 unspecified atom stereocenters. The lowest BCUT2D eigenvalue weighted by Gasteiger charge is -2.33. The maximum Gasteiger partial charge on any atom is 0.335 e. The number of rotatable bonds is 8. The van der Waals surface area contributed by atoms with Gasteiger partial charge < -0.3 is 10.4 Å². The van der Waals surface area contributed by atoms with Crippen LogP contribution in [0.5, 0.6) is 0 Å². The van der Waals surface area contributed by atoms with Crippen molar-refractivity contribution >= 4 is 5.97 Å². The molecule has 0 radical (unpaired) electrons. The van der Waals surface area contributed by atoms with Gasteiger partial charge in [0.15, 0.2) is 0 Å². The second-order valence-electron chi connectivity index (χ2n) is 5.96. The number of nitrogens with one attached hydrogen (secondary N) is 1. The van der Waals surface area contributed by atoms with E-state index in [2.05, 4.69) is 43.4 Å². The van der Waals surface area contributed by atoms with Gasteiger partial charge >= 0.3 is 5.97 Å². The SMILES string of the molecule is CCC(CC)(CNCc1cccc(C(=O)O)c1)c1ccccc1. The largest absolute Gasteiger partial charge is 0.478 e. The molecule has 122 valence electrons. The number of aromatic carboxylic acids is 1. The quantitative estimate of drug-likeness (QED) is 0.767. The number of carbonyl (C=O) groups is 1. The summed E-state index contributed by atoms with van der Waals surface area (Å²) in [6, 6.07) is 17.7. The Morgan fingerprint density at radius 3 is 2.35 bits per heavy atom. The smallest absolute Gasteiger partial charge is 0.335 e. The van der Waals surface area contributed by atoms with Crippen molar-refractivity contribution in [2.45, 2.75) is 38.6 Å². The Morgan fingerprint density at radius 2 is 1.74 bits per heavy atom. The van der Waals surface area contributed by atoms with E-state index in [9.17, 15) is 4.79 Å². The van der Waals surface area contributed by atoms with Gasteiger partial charge in [-0.25, -0.2) is 4.79 Å². The van der Waals surface area contributed by atoms with Crippen LogP contribution in [0.25, 0.3) is 0 Å². The molecule has 0 saturated heterocycles. The fourth-order valence-corrected chi connectivity index (χ4v) is 3.06. The molecular weight excluding hydrogens is 286 g/mol. The van der Waals surface area contributed by atoms with Gasteiger partial charge in [0.2, 0.25) is 0 Å². The highest BCUT2D eigenvalue weighted by molar-refractivity contribution is 5.87. The first kappa shape index (κ1) is 17.2. The van der Waals surface area contributed by atoms with Gasteiger partial charge in [0.25, 0.3) is 0 Å². The van der Waals surface area contributed by atoms with E-state index in [0.29, 0.717) is 12.1 Å². The summed E-state index contributed by atoms with van der Waals surface area (Å²) in [5, 5.41) is 12.6. The van der Waals surface area contributed by atoms with Gasteiger partial charge in [-0.15, -0.1) is 0 Å². The molecule has 0 amide bonds. The Kier molecular flexibility index (Phi) is 5.94. The minimum Gasteiger partial charge on any atom is -0.478 e. The average molecular weight is 311 g/mol. The van der Waals surface area contributed by atoms with Crippen molar-refractivity contribution in [1.29, 1.82) is 0 Å². The number of carboxylic acid groups (broad SMARTS) is 1. The molecule has 2 N–H and O–H groups in total. The Morgan fingerprint density at radius 1 is 1.04 bits per heavy atom. The zero-order chi connectivity index (χ0) is 16.7. The molecule has 2 rings (SSSR count). The van der Waals surface area contributed by atoms with Crippen LogP contribution in [0, 0.1) is 0 Å². The summed E-state index contributed by atoms with van der Waals surface area (Å²) in [4.78, 5) is 11.0. The predicted molar refractivity (Wildman–Crippen MR) is 93.8 cm³/mol. The van der Waals surface area contributed by atoms with Crippen molar-refractivity contribution in [2.75, 3.05) is 6.54 Å². The van der Waals surface area contributed by atoms with E-state index < -0.39 is 5.97 Å². The van der Waals surface area contributed by atoms with Crippen molar-refractivity contribution in [3.05, 3.63) is 71.3 Å². The highest BCUT2D eigenvalue weighted by Gasteiger charge is 2.27. The molecule has 0 heterocycles. The average Bonchev–Trinajstić information content (AvgIpc) is 2.60. The lowest BCUT2D eigenvalue weighted by molar-refractivity contribution is 0.0696. The van der Waals surface area contributed by atoms with Crippen LogP contribution in [-0.2, 0) is 12.0 Å². The lowest BCUT2D eigenvalue weighted by atomic mass is 9.76. The summed E-state index contributed by atoms with van der Waals surface area (Å²) >= 11 is 0. The van der Waals surface area contributed by atoms with Crippen molar-refractivity contribution in [2.24, 2.45) is 0 Å². The summed E-state index contributed by atoms with van der Waals surface area (Å²) in [6.45, 7) is 6.00. The monoisotopic (exact) mass is 311 g/mol. The second-order valence-corrected chi connectivity index (χ2v) is 5.96. The fourth-order valence-electron chi connectivity index (χ4n) is 3.06. The minimum absolute atomic E-state index is 0.117. The normalized spacial score (nSPS) is 11.4. The van der Waals surface area contributed by atoms with Crippen LogP contribution in [0.15, 0.2) is 54.6 Å². The van der Waals surface area contributed by atoms with Crippen LogP contribution < -0.4 is 5.32 Å². The third-order valence-electron chi connectivity index (χ3n) is 4.71. The van der Waals surface area contributed by atoms with Crippen molar-refractivity contribution in [3.63, 3.8) is 0 Å². The van der Waals surface area contributed by atoms with E-state index in [4.69, 9.17) is 5.11 Å². The molecule has 23 heavy (non-hydrogen) atoms. The van der Waals surface area contributed by atoms with Crippen LogP contribution in [0.1, 0.15) is 48.2 Å². The molecule has 0 atom stereocenters. The topological polar surface area (TPSA) is 49.3 Å². The summed E-state index contributed by atoms with van der Waals surface area (Å²) in [5.74, 6) is -0.882. The molecule has 0 aliphatic heterocycles. The zero-order valence-electron chi connectivity index (χ0n) is 13.9. The van der Waals surface area contributed by atoms with E-state index in [0.717, 1.165) is 24.9 Å². The van der Waals surface area contributed by atoms with E-state index in [-0.39, 0.29) is 5.41 Å². The molecule has 0 bridgehead atoms. The molecule has 0 fully saturated rings. The Hall–Kier alpha value is -2.13. The highest BCUT2D eigenvalue weighted by Crippen LogP contribution is 2.30. The molecule has 3 nitrogen and oxygen atoms in total. The van der Waals surface area contributed by atoms with Gasteiger partial charge in [0.1, 0.15) is 0 Å². The molecule has 0 spiro atoms. The summed E-state index contributed by atoms with van der Waals surface area (Å²) in [5.41, 5.74) is 2.81. The summed E-state index contributed by atoms with van der Waals surface area (Å²) < 4.78 is 0. The van der Waals surface area contributed by atoms with Gasteiger partial charge in [-0.05, 0) is 36.1 Å². The van der Waals surface area contributed by atoms with E-state index in [1.807, 2.05) is 12.1 Å². The fraction of sp³-hybridized carbons (Fsp3) is 0.350. The van der Waals surface area contributed by atoms with Gasteiger partial charge in [0.05, 0.1) is 5.56 Å². The maximum atomic E-state index is 11.0. The molecule has 3 heteroatoms. The van der Waals surface area contributed by atoms with Gasteiger partial charge in [0, 0.05) is 18.5 Å². The van der Waals surface area contributed by atoms with Crippen molar-refractivity contribution in [1.82, 2.24) is 5.32 Å². The molecular formula is C20H25NO2. The lowest BCUT2D eigenvalue weighted by Crippen LogP contribution is -2.37. The maximum absolute atomic E-state index is 11.0. The molecule has 2 aromatic carbocycles. The van der Waals surface area contributed by atoms with E-state index in [1.165, 1.54) is 5.56 Å². The third-order valence-corrected chi connectivity index (χ3v) is 4.71. The van der Waals surface area contributed by atoms with Crippen molar-refractivity contribution < 1.29 is 9.90 Å². The molecule has 0 aromatic heterocycles.